The summed E-state index contributed by atoms with van der Waals surface area (Å²) in [5, 5.41) is 12.7. The van der Waals surface area contributed by atoms with E-state index in [1.807, 2.05) is 30.3 Å². The maximum atomic E-state index is 11.6. The summed E-state index contributed by atoms with van der Waals surface area (Å²) >= 11 is 1.44. The van der Waals surface area contributed by atoms with Gasteiger partial charge in [0, 0.05) is 11.4 Å². The fraction of sp³-hybridized carbons (Fsp3) is 0.231. The summed E-state index contributed by atoms with van der Waals surface area (Å²) in [7, 11) is 0. The lowest BCUT2D eigenvalue weighted by atomic mass is 10.2. The van der Waals surface area contributed by atoms with Crippen molar-refractivity contribution in [3.63, 3.8) is 0 Å². The van der Waals surface area contributed by atoms with Gasteiger partial charge < -0.3 is 10.1 Å². The Kier molecular flexibility index (Phi) is 3.90. The molecule has 0 atom stereocenters. The van der Waals surface area contributed by atoms with Gasteiger partial charge in [0.2, 0.25) is 0 Å². The summed E-state index contributed by atoms with van der Waals surface area (Å²) in [4.78, 5) is 11.6. The number of rotatable bonds is 2. The molecule has 0 saturated carbocycles. The van der Waals surface area contributed by atoms with Crippen molar-refractivity contribution in [2.75, 3.05) is 11.9 Å². The van der Waals surface area contributed by atoms with Gasteiger partial charge in [0.15, 0.2) is 5.57 Å². The maximum Gasteiger partial charge on any atom is 0.351 e. The van der Waals surface area contributed by atoms with Crippen molar-refractivity contribution in [1.29, 1.82) is 5.26 Å². The smallest absolute Gasteiger partial charge is 0.351 e. The van der Waals surface area contributed by atoms with E-state index in [0.29, 0.717) is 5.03 Å². The van der Waals surface area contributed by atoms with Crippen LogP contribution >= 0.6 is 11.8 Å². The molecular formula is C13H12N2O2S. The van der Waals surface area contributed by atoms with Crippen molar-refractivity contribution in [3.05, 3.63) is 40.4 Å². The minimum atomic E-state index is -0.575. The summed E-state index contributed by atoms with van der Waals surface area (Å²) in [6.45, 7) is 1.98. The lowest BCUT2D eigenvalue weighted by Gasteiger charge is -2.20. The van der Waals surface area contributed by atoms with Gasteiger partial charge >= 0.3 is 5.97 Å². The van der Waals surface area contributed by atoms with Crippen LogP contribution < -0.4 is 5.32 Å². The summed E-state index contributed by atoms with van der Waals surface area (Å²) in [5.74, 6) is 0.165. The molecule has 4 nitrogen and oxygen atoms in total. The molecule has 0 aromatic heterocycles. The van der Waals surface area contributed by atoms with Crippen LogP contribution in [0.15, 0.2) is 34.9 Å². The van der Waals surface area contributed by atoms with Gasteiger partial charge in [-0.15, -0.1) is 11.8 Å². The first-order chi connectivity index (χ1) is 8.76. The highest BCUT2D eigenvalue weighted by atomic mass is 32.2. The van der Waals surface area contributed by atoms with Gasteiger partial charge in [-0.2, -0.15) is 5.26 Å². The number of carbonyl (C=O) groups is 1. The molecule has 0 fully saturated rings. The monoisotopic (exact) mass is 260 g/mol. The summed E-state index contributed by atoms with van der Waals surface area (Å²) in [6.07, 6.45) is 0. The van der Waals surface area contributed by atoms with Gasteiger partial charge in [0.1, 0.15) is 6.07 Å². The van der Waals surface area contributed by atoms with Crippen molar-refractivity contribution >= 4 is 23.4 Å². The molecule has 0 aliphatic carbocycles. The zero-order valence-electron chi connectivity index (χ0n) is 9.90. The second kappa shape index (κ2) is 5.61. The van der Waals surface area contributed by atoms with Crippen LogP contribution in [0.25, 0.3) is 0 Å². The highest BCUT2D eigenvalue weighted by Gasteiger charge is 2.21. The summed E-state index contributed by atoms with van der Waals surface area (Å²) in [5.41, 5.74) is 2.13. The summed E-state index contributed by atoms with van der Waals surface area (Å²) < 4.78 is 4.86. The number of thioether (sulfide) groups is 1. The Morgan fingerprint density at radius 2 is 2.33 bits per heavy atom. The normalized spacial score (nSPS) is 16.0. The predicted octanol–water partition coefficient (Wildman–Crippen LogP) is 2.64. The number of ether oxygens (including phenoxy) is 1. The number of para-hydroxylation sites is 1. The molecule has 1 heterocycles. The maximum absolute atomic E-state index is 11.6. The number of nitrogens with one attached hydrogen (secondary N) is 1. The highest BCUT2D eigenvalue weighted by Crippen LogP contribution is 2.34. The van der Waals surface area contributed by atoms with Gasteiger partial charge in [-0.1, -0.05) is 18.2 Å². The first-order valence-electron chi connectivity index (χ1n) is 5.55. The van der Waals surface area contributed by atoms with E-state index in [1.54, 1.807) is 6.92 Å². The van der Waals surface area contributed by atoms with Crippen LogP contribution in [-0.2, 0) is 15.3 Å². The van der Waals surface area contributed by atoms with Gasteiger partial charge in [-0.05, 0) is 18.6 Å². The Morgan fingerprint density at radius 3 is 3.06 bits per heavy atom. The van der Waals surface area contributed by atoms with Gasteiger partial charge in [0.25, 0.3) is 0 Å². The molecule has 1 aromatic carbocycles. The lowest BCUT2D eigenvalue weighted by molar-refractivity contribution is -0.138. The van der Waals surface area contributed by atoms with E-state index < -0.39 is 5.97 Å². The Hall–Kier alpha value is -1.93. The molecular weight excluding hydrogens is 248 g/mol. The van der Waals surface area contributed by atoms with Gasteiger partial charge in [0.05, 0.1) is 11.6 Å². The molecule has 0 bridgehead atoms. The van der Waals surface area contributed by atoms with Crippen LogP contribution in [0.1, 0.15) is 12.5 Å². The molecule has 1 aromatic rings. The number of anilines is 1. The molecule has 2 rings (SSSR count). The molecule has 1 N–H and O–H groups in total. The second-order valence-corrected chi connectivity index (χ2v) is 4.59. The largest absolute Gasteiger partial charge is 0.462 e. The molecule has 0 spiro atoms. The molecule has 1 aliphatic rings. The van der Waals surface area contributed by atoms with Crippen LogP contribution in [0, 0.1) is 11.3 Å². The fourth-order valence-corrected chi connectivity index (χ4v) is 2.61. The SMILES string of the molecule is CCOC(=O)/C(C#N)=C1\Nc2ccccc2CS1. The van der Waals surface area contributed by atoms with Crippen LogP contribution in [0.2, 0.25) is 0 Å². The third-order valence-electron chi connectivity index (χ3n) is 2.46. The molecule has 0 unspecified atom stereocenters. The number of carbonyl (C=O) groups excluding carboxylic acids is 1. The number of nitrogens with zero attached hydrogens (tertiary/aromatic N) is 1. The zero-order chi connectivity index (χ0) is 13.0. The second-order valence-electron chi connectivity index (χ2n) is 3.61. The quantitative estimate of drug-likeness (QED) is 0.503. The average Bonchev–Trinajstić information content (AvgIpc) is 2.40. The van der Waals surface area contributed by atoms with E-state index in [4.69, 9.17) is 10.00 Å². The van der Waals surface area contributed by atoms with E-state index in [1.165, 1.54) is 11.8 Å². The number of benzene rings is 1. The molecule has 0 saturated heterocycles. The predicted molar refractivity (Wildman–Crippen MR) is 70.6 cm³/mol. The number of esters is 1. The third-order valence-corrected chi connectivity index (χ3v) is 3.51. The summed E-state index contributed by atoms with van der Waals surface area (Å²) in [6, 6.07) is 9.73. The number of hydrogen-bond donors (Lipinski definition) is 1. The van der Waals surface area contributed by atoms with E-state index in [0.717, 1.165) is 17.0 Å². The van der Waals surface area contributed by atoms with E-state index in [2.05, 4.69) is 5.32 Å². The van der Waals surface area contributed by atoms with E-state index in [-0.39, 0.29) is 12.2 Å². The highest BCUT2D eigenvalue weighted by molar-refractivity contribution is 8.02. The van der Waals surface area contributed by atoms with Crippen molar-refractivity contribution < 1.29 is 9.53 Å². The van der Waals surface area contributed by atoms with E-state index in [9.17, 15) is 4.79 Å². The Labute approximate surface area is 110 Å². The molecule has 0 amide bonds. The van der Waals surface area contributed by atoms with Gasteiger partial charge in [-0.3, -0.25) is 0 Å². The van der Waals surface area contributed by atoms with Crippen LogP contribution in [0.3, 0.4) is 0 Å². The molecule has 1 aliphatic heterocycles. The van der Waals surface area contributed by atoms with Crippen LogP contribution in [-0.4, -0.2) is 12.6 Å². The third kappa shape index (κ3) is 2.49. The van der Waals surface area contributed by atoms with Crippen molar-refractivity contribution in [3.8, 4) is 6.07 Å². The van der Waals surface area contributed by atoms with Crippen LogP contribution in [0.5, 0.6) is 0 Å². The average molecular weight is 260 g/mol. The van der Waals surface area contributed by atoms with Crippen molar-refractivity contribution in [1.82, 2.24) is 0 Å². The standard InChI is InChI=1S/C13H12N2O2S/c1-2-17-13(16)10(7-14)12-15-11-6-4-3-5-9(11)8-18-12/h3-6,15H,2,8H2,1H3/b12-10+. The minimum Gasteiger partial charge on any atom is -0.462 e. The number of hydrogen-bond acceptors (Lipinski definition) is 5. The molecule has 92 valence electrons. The Bertz CT molecular complexity index is 546. The minimum absolute atomic E-state index is 0.0383. The Morgan fingerprint density at radius 1 is 1.56 bits per heavy atom. The first-order valence-corrected chi connectivity index (χ1v) is 6.54. The van der Waals surface area contributed by atoms with Gasteiger partial charge in [-0.25, -0.2) is 4.79 Å². The zero-order valence-corrected chi connectivity index (χ0v) is 10.7. The molecule has 18 heavy (non-hydrogen) atoms. The first kappa shape index (κ1) is 12.5. The number of fused-ring (bicyclic) bond motifs is 1. The van der Waals surface area contributed by atoms with Crippen molar-refractivity contribution in [2.45, 2.75) is 12.7 Å². The topological polar surface area (TPSA) is 62.1 Å². The number of nitriles is 1. The van der Waals surface area contributed by atoms with Crippen LogP contribution in [0.4, 0.5) is 5.69 Å². The molecule has 0 radical (unpaired) electrons. The van der Waals surface area contributed by atoms with E-state index >= 15 is 0 Å². The Balaban J connectivity index is 2.30. The fourth-order valence-electron chi connectivity index (χ4n) is 1.60. The molecule has 5 heteroatoms. The van der Waals surface area contributed by atoms with Crippen molar-refractivity contribution in [2.24, 2.45) is 0 Å². The lowest BCUT2D eigenvalue weighted by Crippen LogP contribution is -2.14.